The first-order valence-corrected chi connectivity index (χ1v) is 9.40. The van der Waals surface area contributed by atoms with Gasteiger partial charge in [-0.05, 0) is 44.8 Å². The summed E-state index contributed by atoms with van der Waals surface area (Å²) in [7, 11) is 1.58. The molecule has 3 saturated heterocycles. The third-order valence-electron chi connectivity index (χ3n) is 6.25. The van der Waals surface area contributed by atoms with Gasteiger partial charge in [0.05, 0.1) is 23.7 Å². The van der Waals surface area contributed by atoms with Crippen molar-refractivity contribution in [1.82, 2.24) is 15.6 Å². The van der Waals surface area contributed by atoms with Crippen molar-refractivity contribution in [2.45, 2.75) is 43.8 Å². The van der Waals surface area contributed by atoms with Crippen LogP contribution in [0.3, 0.4) is 0 Å². The lowest BCUT2D eigenvalue weighted by molar-refractivity contribution is -0.135. The lowest BCUT2D eigenvalue weighted by atomic mass is 9.53. The Kier molecular flexibility index (Phi) is 4.35. The fourth-order valence-corrected chi connectivity index (χ4v) is 5.02. The van der Waals surface area contributed by atoms with Crippen LogP contribution in [-0.2, 0) is 14.3 Å². The van der Waals surface area contributed by atoms with Crippen LogP contribution >= 0.6 is 0 Å². The van der Waals surface area contributed by atoms with Gasteiger partial charge in [-0.3, -0.25) is 9.59 Å². The highest BCUT2D eigenvalue weighted by Crippen LogP contribution is 2.69. The van der Waals surface area contributed by atoms with E-state index in [0.717, 1.165) is 25.9 Å². The van der Waals surface area contributed by atoms with Crippen LogP contribution in [0.5, 0.6) is 5.75 Å². The molecule has 1 aliphatic carbocycles. The number of aromatic nitrogens is 1. The number of piperidine rings is 1. The Hall–Kier alpha value is -2.19. The van der Waals surface area contributed by atoms with Crippen molar-refractivity contribution in [3.05, 3.63) is 18.3 Å². The predicted molar refractivity (Wildman–Crippen MR) is 98.4 cm³/mol. The molecule has 146 valence electrons. The molecule has 1 aromatic rings. The van der Waals surface area contributed by atoms with Crippen molar-refractivity contribution < 1.29 is 19.1 Å². The van der Waals surface area contributed by atoms with Gasteiger partial charge in [0.25, 0.3) is 0 Å². The summed E-state index contributed by atoms with van der Waals surface area (Å²) < 4.78 is 11.8. The van der Waals surface area contributed by atoms with Crippen LogP contribution in [0.2, 0.25) is 0 Å². The Morgan fingerprint density at radius 1 is 1.33 bits per heavy atom. The zero-order chi connectivity index (χ0) is 19.1. The number of rotatable bonds is 5. The van der Waals surface area contributed by atoms with Gasteiger partial charge in [-0.15, -0.1) is 0 Å². The molecule has 4 heterocycles. The standard InChI is InChI=1S/C19H26N4O4/c1-13(24)22-12-17-10-18(11-17,19(27-17)4-7-20-8-5-19)16(25)23-15-9-14(26-2)3-6-21-15/h3,6,9,20H,4-5,7-8,10-12H2,1-2H3,(H,22,24)(H,21,23,25). The molecule has 0 aromatic carbocycles. The highest BCUT2D eigenvalue weighted by Gasteiger charge is 2.77. The van der Waals surface area contributed by atoms with Crippen molar-refractivity contribution in [2.75, 3.05) is 32.1 Å². The van der Waals surface area contributed by atoms with E-state index in [1.165, 1.54) is 6.92 Å². The van der Waals surface area contributed by atoms with Gasteiger partial charge in [-0.25, -0.2) is 4.98 Å². The maximum absolute atomic E-state index is 13.3. The maximum atomic E-state index is 13.3. The SMILES string of the molecule is COc1ccnc(NC(=O)C23CC(CNC(C)=O)(C2)OC32CCNCC2)c1. The number of nitrogens with one attached hydrogen (secondary N) is 3. The van der Waals surface area contributed by atoms with E-state index in [0.29, 0.717) is 31.0 Å². The molecule has 0 atom stereocenters. The summed E-state index contributed by atoms with van der Waals surface area (Å²) >= 11 is 0. The van der Waals surface area contributed by atoms with Crippen molar-refractivity contribution in [1.29, 1.82) is 0 Å². The molecule has 4 aliphatic rings. The topological polar surface area (TPSA) is 102 Å². The van der Waals surface area contributed by atoms with Gasteiger partial charge in [-0.1, -0.05) is 0 Å². The number of ether oxygens (including phenoxy) is 2. The van der Waals surface area contributed by atoms with E-state index in [1.807, 2.05) is 0 Å². The van der Waals surface area contributed by atoms with Gasteiger partial charge in [0.15, 0.2) is 0 Å². The summed E-state index contributed by atoms with van der Waals surface area (Å²) in [5, 5.41) is 9.19. The van der Waals surface area contributed by atoms with E-state index in [-0.39, 0.29) is 11.8 Å². The van der Waals surface area contributed by atoms with E-state index < -0.39 is 16.6 Å². The molecule has 2 bridgehead atoms. The normalized spacial score (nSPS) is 30.4. The van der Waals surface area contributed by atoms with Gasteiger partial charge < -0.3 is 25.4 Å². The Balaban J connectivity index is 1.57. The minimum absolute atomic E-state index is 0.0545. The second-order valence-electron chi connectivity index (χ2n) is 7.91. The molecule has 27 heavy (non-hydrogen) atoms. The van der Waals surface area contributed by atoms with Gasteiger partial charge in [0, 0.05) is 25.7 Å². The van der Waals surface area contributed by atoms with E-state index in [4.69, 9.17) is 9.47 Å². The van der Waals surface area contributed by atoms with Crippen LogP contribution in [-0.4, -0.2) is 54.7 Å². The van der Waals surface area contributed by atoms with Gasteiger partial charge in [0.2, 0.25) is 11.8 Å². The number of anilines is 1. The quantitative estimate of drug-likeness (QED) is 0.706. The van der Waals surface area contributed by atoms with Crippen LogP contribution < -0.4 is 20.7 Å². The number of nitrogens with zero attached hydrogens (tertiary/aromatic N) is 1. The Labute approximate surface area is 158 Å². The minimum Gasteiger partial charge on any atom is -0.497 e. The average molecular weight is 374 g/mol. The molecule has 0 radical (unpaired) electrons. The molecule has 4 fully saturated rings. The number of pyridine rings is 1. The van der Waals surface area contributed by atoms with Crippen LogP contribution in [0.4, 0.5) is 5.82 Å². The van der Waals surface area contributed by atoms with Gasteiger partial charge in [0.1, 0.15) is 11.6 Å². The van der Waals surface area contributed by atoms with Gasteiger partial charge in [-0.2, -0.15) is 0 Å². The second kappa shape index (κ2) is 6.45. The largest absolute Gasteiger partial charge is 0.497 e. The number of carbonyl (C=O) groups excluding carboxylic acids is 2. The summed E-state index contributed by atoms with van der Waals surface area (Å²) in [4.78, 5) is 29.0. The van der Waals surface area contributed by atoms with Crippen LogP contribution in [0.1, 0.15) is 32.6 Å². The van der Waals surface area contributed by atoms with E-state index >= 15 is 0 Å². The summed E-state index contributed by atoms with van der Waals surface area (Å²) in [5.41, 5.74) is -1.51. The molecule has 3 aliphatic heterocycles. The molecule has 8 nitrogen and oxygen atoms in total. The third-order valence-corrected chi connectivity index (χ3v) is 6.25. The monoisotopic (exact) mass is 374 g/mol. The molecule has 5 rings (SSSR count). The van der Waals surface area contributed by atoms with Crippen LogP contribution in [0, 0.1) is 5.41 Å². The number of hydrogen-bond acceptors (Lipinski definition) is 6. The fraction of sp³-hybridized carbons (Fsp3) is 0.632. The van der Waals surface area contributed by atoms with Gasteiger partial charge >= 0.3 is 0 Å². The number of methoxy groups -OCH3 is 1. The van der Waals surface area contributed by atoms with E-state index in [1.54, 1.807) is 25.4 Å². The average Bonchev–Trinajstić information content (AvgIpc) is 3.05. The first kappa shape index (κ1) is 18.2. The number of carbonyl (C=O) groups is 2. The maximum Gasteiger partial charge on any atom is 0.234 e. The molecule has 2 amide bonds. The summed E-state index contributed by atoms with van der Waals surface area (Å²) in [6, 6.07) is 3.45. The molecule has 1 spiro atoms. The number of hydrogen-bond donors (Lipinski definition) is 3. The first-order chi connectivity index (χ1) is 12.9. The molecular weight excluding hydrogens is 348 g/mol. The van der Waals surface area contributed by atoms with Crippen molar-refractivity contribution in [3.8, 4) is 5.75 Å². The summed E-state index contributed by atoms with van der Waals surface area (Å²) in [6.45, 7) is 3.59. The molecule has 3 N–H and O–H groups in total. The molecule has 1 saturated carbocycles. The molecule has 8 heteroatoms. The zero-order valence-electron chi connectivity index (χ0n) is 15.8. The molecule has 0 unspecified atom stereocenters. The number of amides is 2. The minimum atomic E-state index is -0.585. The summed E-state index contributed by atoms with van der Waals surface area (Å²) in [5.74, 6) is 0.984. The smallest absolute Gasteiger partial charge is 0.234 e. The van der Waals surface area contributed by atoms with Crippen molar-refractivity contribution >= 4 is 17.6 Å². The zero-order valence-corrected chi connectivity index (χ0v) is 15.8. The van der Waals surface area contributed by atoms with Crippen LogP contribution in [0.25, 0.3) is 0 Å². The highest BCUT2D eigenvalue weighted by atomic mass is 16.5. The van der Waals surface area contributed by atoms with E-state index in [9.17, 15) is 9.59 Å². The Bertz CT molecular complexity index is 754. The summed E-state index contributed by atoms with van der Waals surface area (Å²) in [6.07, 6.45) is 4.42. The lowest BCUT2D eigenvalue weighted by Crippen LogP contribution is -2.60. The van der Waals surface area contributed by atoms with Crippen LogP contribution in [0.15, 0.2) is 18.3 Å². The fourth-order valence-electron chi connectivity index (χ4n) is 5.02. The second-order valence-corrected chi connectivity index (χ2v) is 7.91. The Morgan fingerprint density at radius 3 is 2.74 bits per heavy atom. The highest BCUT2D eigenvalue weighted by molar-refractivity contribution is 5.97. The lowest BCUT2D eigenvalue weighted by Gasteiger charge is -2.47. The Morgan fingerprint density at radius 2 is 2.07 bits per heavy atom. The molecule has 1 aromatic heterocycles. The third kappa shape index (κ3) is 2.87. The van der Waals surface area contributed by atoms with Crippen molar-refractivity contribution in [2.24, 2.45) is 5.41 Å². The first-order valence-electron chi connectivity index (χ1n) is 9.40. The van der Waals surface area contributed by atoms with E-state index in [2.05, 4.69) is 20.9 Å². The predicted octanol–water partition coefficient (Wildman–Crippen LogP) is 0.836. The van der Waals surface area contributed by atoms with Crippen molar-refractivity contribution in [3.63, 3.8) is 0 Å². The molecular formula is C19H26N4O4.